The van der Waals surface area contributed by atoms with Crippen LogP contribution in [-0.4, -0.2) is 9.78 Å². The van der Waals surface area contributed by atoms with E-state index in [0.717, 1.165) is 22.6 Å². The van der Waals surface area contributed by atoms with Gasteiger partial charge in [0.05, 0.1) is 5.52 Å². The van der Waals surface area contributed by atoms with Crippen LogP contribution in [0.4, 0.5) is 0 Å². The van der Waals surface area contributed by atoms with Gasteiger partial charge >= 0.3 is 0 Å². The zero-order valence-corrected chi connectivity index (χ0v) is 8.47. The molecule has 0 aliphatic heterocycles. The van der Waals surface area contributed by atoms with Crippen molar-refractivity contribution in [2.24, 2.45) is 0 Å². The highest BCUT2D eigenvalue weighted by atomic mass is 35.5. The summed E-state index contributed by atoms with van der Waals surface area (Å²) in [5.41, 5.74) is 2.19. The number of rotatable bonds is 1. The summed E-state index contributed by atoms with van der Waals surface area (Å²) >= 11 is 6.11. The van der Waals surface area contributed by atoms with Gasteiger partial charge in [-0.1, -0.05) is 17.7 Å². The molecule has 0 saturated carbocycles. The molecule has 0 saturated heterocycles. The van der Waals surface area contributed by atoms with E-state index in [9.17, 15) is 0 Å². The molecule has 0 spiro atoms. The number of nitrogens with zero attached hydrogens (tertiary/aromatic N) is 2. The third-order valence-electron chi connectivity index (χ3n) is 2.13. The highest BCUT2D eigenvalue weighted by molar-refractivity contribution is 6.34. The Morgan fingerprint density at radius 1 is 1.46 bits per heavy atom. The fourth-order valence-corrected chi connectivity index (χ4v) is 1.74. The van der Waals surface area contributed by atoms with E-state index in [1.807, 2.05) is 23.7 Å². The van der Waals surface area contributed by atoms with E-state index in [-0.39, 0.29) is 0 Å². The van der Waals surface area contributed by atoms with Crippen molar-refractivity contribution in [2.45, 2.75) is 20.4 Å². The Labute approximate surface area is 82.1 Å². The summed E-state index contributed by atoms with van der Waals surface area (Å²) in [6.07, 6.45) is 0. The van der Waals surface area contributed by atoms with Gasteiger partial charge in [-0.25, -0.2) is 0 Å². The maximum Gasteiger partial charge on any atom is 0.134 e. The lowest BCUT2D eigenvalue weighted by atomic mass is 10.2. The second-order valence-electron chi connectivity index (χ2n) is 3.13. The normalized spacial score (nSPS) is 11.0. The van der Waals surface area contributed by atoms with Crippen LogP contribution in [0.1, 0.15) is 12.5 Å². The molecule has 0 unspecified atom stereocenters. The van der Waals surface area contributed by atoms with Crippen LogP contribution in [0.3, 0.4) is 0 Å². The minimum absolute atomic E-state index is 0.734. The van der Waals surface area contributed by atoms with Crippen LogP contribution in [0.15, 0.2) is 18.2 Å². The van der Waals surface area contributed by atoms with Crippen LogP contribution in [0.2, 0.25) is 5.15 Å². The summed E-state index contributed by atoms with van der Waals surface area (Å²) in [4.78, 5) is 0. The first-order chi connectivity index (χ1) is 6.22. The molecule has 0 bridgehead atoms. The maximum atomic E-state index is 6.11. The van der Waals surface area contributed by atoms with Crippen molar-refractivity contribution in [1.29, 1.82) is 0 Å². The molecule has 13 heavy (non-hydrogen) atoms. The van der Waals surface area contributed by atoms with Crippen molar-refractivity contribution < 1.29 is 0 Å². The van der Waals surface area contributed by atoms with Gasteiger partial charge in [0.1, 0.15) is 5.15 Å². The molecule has 1 aromatic heterocycles. The molecule has 0 fully saturated rings. The van der Waals surface area contributed by atoms with E-state index in [1.54, 1.807) is 0 Å². The van der Waals surface area contributed by atoms with Gasteiger partial charge in [0.25, 0.3) is 0 Å². The lowest BCUT2D eigenvalue weighted by Gasteiger charge is -1.94. The predicted molar refractivity (Wildman–Crippen MR) is 55.2 cm³/mol. The average Bonchev–Trinajstić information content (AvgIpc) is 2.42. The summed E-state index contributed by atoms with van der Waals surface area (Å²) in [5.74, 6) is 0. The number of hydrogen-bond donors (Lipinski definition) is 0. The Bertz CT molecular complexity index is 445. The van der Waals surface area contributed by atoms with Gasteiger partial charge in [0.15, 0.2) is 0 Å². The second kappa shape index (κ2) is 3.04. The highest BCUT2D eigenvalue weighted by Gasteiger charge is 2.06. The third-order valence-corrected chi connectivity index (χ3v) is 2.53. The molecule has 1 heterocycles. The highest BCUT2D eigenvalue weighted by Crippen LogP contribution is 2.23. The van der Waals surface area contributed by atoms with Crippen molar-refractivity contribution in [3.63, 3.8) is 0 Å². The van der Waals surface area contributed by atoms with Crippen LogP contribution in [0, 0.1) is 6.92 Å². The van der Waals surface area contributed by atoms with E-state index < -0.39 is 0 Å². The van der Waals surface area contributed by atoms with Crippen LogP contribution in [-0.2, 0) is 6.54 Å². The summed E-state index contributed by atoms with van der Waals surface area (Å²) in [5, 5.41) is 6.15. The largest absolute Gasteiger partial charge is 0.253 e. The summed E-state index contributed by atoms with van der Waals surface area (Å²) in [7, 11) is 0. The quantitative estimate of drug-likeness (QED) is 0.683. The van der Waals surface area contributed by atoms with Gasteiger partial charge in [-0.2, -0.15) is 5.10 Å². The van der Waals surface area contributed by atoms with Crippen molar-refractivity contribution >= 4 is 22.5 Å². The standard InChI is InChI=1S/C10H11ClN2/c1-3-13-10(11)8-5-4-7(2)6-9(8)12-13/h4-6H,3H2,1-2H3. The fourth-order valence-electron chi connectivity index (χ4n) is 1.42. The Balaban J connectivity index is 2.76. The number of benzene rings is 1. The van der Waals surface area contributed by atoms with Gasteiger partial charge in [0.2, 0.25) is 0 Å². The SMILES string of the molecule is CCn1nc2cc(C)ccc2c1Cl. The minimum Gasteiger partial charge on any atom is -0.253 e. The Kier molecular flexibility index (Phi) is 2.00. The van der Waals surface area contributed by atoms with Crippen LogP contribution >= 0.6 is 11.6 Å². The fraction of sp³-hybridized carbons (Fsp3) is 0.300. The second-order valence-corrected chi connectivity index (χ2v) is 3.49. The summed E-state index contributed by atoms with van der Waals surface area (Å²) in [6.45, 7) is 4.90. The molecule has 2 nitrogen and oxygen atoms in total. The lowest BCUT2D eigenvalue weighted by Crippen LogP contribution is -1.94. The summed E-state index contributed by atoms with van der Waals surface area (Å²) in [6, 6.07) is 6.12. The molecule has 0 amide bonds. The monoisotopic (exact) mass is 194 g/mol. The smallest absolute Gasteiger partial charge is 0.134 e. The number of aryl methyl sites for hydroxylation is 2. The maximum absolute atomic E-state index is 6.11. The first-order valence-corrected chi connectivity index (χ1v) is 4.73. The molecule has 2 aromatic rings. The van der Waals surface area contributed by atoms with E-state index >= 15 is 0 Å². The van der Waals surface area contributed by atoms with Crippen molar-refractivity contribution in [3.8, 4) is 0 Å². The van der Waals surface area contributed by atoms with Crippen molar-refractivity contribution in [1.82, 2.24) is 9.78 Å². The van der Waals surface area contributed by atoms with E-state index in [1.165, 1.54) is 5.56 Å². The molecule has 0 radical (unpaired) electrons. The van der Waals surface area contributed by atoms with Crippen LogP contribution in [0.5, 0.6) is 0 Å². The topological polar surface area (TPSA) is 17.8 Å². The number of hydrogen-bond acceptors (Lipinski definition) is 1. The van der Waals surface area contributed by atoms with Gasteiger partial charge in [0, 0.05) is 11.9 Å². The molecule has 0 aliphatic rings. The Hall–Kier alpha value is -1.02. The lowest BCUT2D eigenvalue weighted by molar-refractivity contribution is 0.669. The average molecular weight is 195 g/mol. The van der Waals surface area contributed by atoms with Crippen molar-refractivity contribution in [3.05, 3.63) is 28.9 Å². The number of fused-ring (bicyclic) bond motifs is 1. The number of aromatic nitrogens is 2. The van der Waals surface area contributed by atoms with Crippen LogP contribution in [0.25, 0.3) is 10.9 Å². The number of halogens is 1. The first kappa shape index (κ1) is 8.57. The molecule has 1 aromatic carbocycles. The van der Waals surface area contributed by atoms with Gasteiger partial charge < -0.3 is 0 Å². The molecule has 3 heteroatoms. The molecule has 0 atom stereocenters. The third kappa shape index (κ3) is 1.31. The Morgan fingerprint density at radius 2 is 2.23 bits per heavy atom. The molecular weight excluding hydrogens is 184 g/mol. The molecule has 68 valence electrons. The van der Waals surface area contributed by atoms with E-state index in [4.69, 9.17) is 11.6 Å². The summed E-state index contributed by atoms with van der Waals surface area (Å²) < 4.78 is 1.81. The van der Waals surface area contributed by atoms with Gasteiger partial charge in [-0.05, 0) is 31.5 Å². The Morgan fingerprint density at radius 3 is 2.92 bits per heavy atom. The predicted octanol–water partition coefficient (Wildman–Crippen LogP) is 3.02. The van der Waals surface area contributed by atoms with Crippen LogP contribution < -0.4 is 0 Å². The zero-order chi connectivity index (χ0) is 9.42. The van der Waals surface area contributed by atoms with Gasteiger partial charge in [-0.15, -0.1) is 0 Å². The minimum atomic E-state index is 0.734. The molecule has 2 rings (SSSR count). The van der Waals surface area contributed by atoms with E-state index in [2.05, 4.69) is 18.1 Å². The first-order valence-electron chi connectivity index (χ1n) is 4.35. The zero-order valence-electron chi connectivity index (χ0n) is 7.71. The van der Waals surface area contributed by atoms with Gasteiger partial charge in [-0.3, -0.25) is 4.68 Å². The molecular formula is C10H11ClN2. The molecule has 0 N–H and O–H groups in total. The van der Waals surface area contributed by atoms with Crippen molar-refractivity contribution in [2.75, 3.05) is 0 Å². The van der Waals surface area contributed by atoms with E-state index in [0.29, 0.717) is 0 Å². The molecule has 0 aliphatic carbocycles.